The summed E-state index contributed by atoms with van der Waals surface area (Å²) in [4.78, 5) is 11.8. The van der Waals surface area contributed by atoms with Gasteiger partial charge in [-0.3, -0.25) is 4.79 Å². The largest absolute Gasteiger partial charge is 0.497 e. The van der Waals surface area contributed by atoms with E-state index in [1.165, 1.54) is 29.2 Å². The summed E-state index contributed by atoms with van der Waals surface area (Å²) in [7, 11) is 1.73. The average Bonchev–Trinajstić information content (AvgIpc) is 2.89. The number of esters is 1. The molecule has 0 bridgehead atoms. The molecular weight excluding hydrogens is 384 g/mol. The van der Waals surface area contributed by atoms with Crippen LogP contribution in [0.3, 0.4) is 0 Å². The number of carbonyl (C=O) groups is 1. The highest BCUT2D eigenvalue weighted by Crippen LogP contribution is 2.77. The summed E-state index contributed by atoms with van der Waals surface area (Å²) in [5, 5.41) is 0. The zero-order valence-electron chi connectivity index (χ0n) is 20.7. The molecule has 3 nitrogen and oxygen atoms in total. The Bertz CT molecular complexity index is 1080. The van der Waals surface area contributed by atoms with E-state index in [1.807, 2.05) is 6.07 Å². The number of fused-ring (bicyclic) bond motifs is 4. The van der Waals surface area contributed by atoms with Crippen LogP contribution in [0.1, 0.15) is 84.6 Å². The molecule has 2 aliphatic rings. The van der Waals surface area contributed by atoms with Crippen molar-refractivity contribution in [3.63, 3.8) is 0 Å². The predicted molar refractivity (Wildman–Crippen MR) is 125 cm³/mol. The number of ether oxygens (including phenoxy) is 2. The SMILES string of the molecule is COc1ccc2c(c1)C1(c3cc(OC(C)=O)ccc3C(C)(C)C1(C)C)C(C)(C)C2(C)C. The van der Waals surface area contributed by atoms with Gasteiger partial charge in [0.25, 0.3) is 0 Å². The highest BCUT2D eigenvalue weighted by molar-refractivity contribution is 5.71. The molecule has 2 aromatic carbocycles. The Morgan fingerprint density at radius 1 is 0.677 bits per heavy atom. The first kappa shape index (κ1) is 21.9. The van der Waals surface area contributed by atoms with Crippen LogP contribution < -0.4 is 9.47 Å². The number of hydrogen-bond donors (Lipinski definition) is 0. The fourth-order valence-electron chi connectivity index (χ4n) is 7.00. The molecule has 1 unspecified atom stereocenters. The topological polar surface area (TPSA) is 35.5 Å². The second-order valence-corrected chi connectivity index (χ2v) is 11.5. The van der Waals surface area contributed by atoms with Gasteiger partial charge in [-0.1, -0.05) is 67.5 Å². The molecule has 1 spiro atoms. The molecule has 166 valence electrons. The van der Waals surface area contributed by atoms with Crippen LogP contribution in [0.5, 0.6) is 11.5 Å². The molecule has 1 atom stereocenters. The molecule has 0 N–H and O–H groups in total. The molecule has 0 saturated heterocycles. The van der Waals surface area contributed by atoms with E-state index in [0.717, 1.165) is 5.75 Å². The zero-order valence-corrected chi connectivity index (χ0v) is 20.7. The maximum Gasteiger partial charge on any atom is 0.308 e. The van der Waals surface area contributed by atoms with Crippen molar-refractivity contribution in [3.05, 3.63) is 58.7 Å². The Labute approximate surface area is 187 Å². The molecule has 2 aliphatic carbocycles. The number of hydrogen-bond acceptors (Lipinski definition) is 3. The molecule has 0 fully saturated rings. The van der Waals surface area contributed by atoms with Crippen molar-refractivity contribution in [3.8, 4) is 11.5 Å². The van der Waals surface area contributed by atoms with Crippen LogP contribution >= 0.6 is 0 Å². The Balaban J connectivity index is 2.19. The van der Waals surface area contributed by atoms with Crippen molar-refractivity contribution >= 4 is 5.97 Å². The summed E-state index contributed by atoms with van der Waals surface area (Å²) in [6.07, 6.45) is 0. The van der Waals surface area contributed by atoms with E-state index in [-0.39, 0.29) is 33.0 Å². The van der Waals surface area contributed by atoms with E-state index in [0.29, 0.717) is 5.75 Å². The maximum atomic E-state index is 11.8. The van der Waals surface area contributed by atoms with Crippen LogP contribution in [0.2, 0.25) is 0 Å². The van der Waals surface area contributed by atoms with Crippen LogP contribution in [0.25, 0.3) is 0 Å². The van der Waals surface area contributed by atoms with Crippen molar-refractivity contribution in [2.45, 2.75) is 78.6 Å². The molecule has 0 amide bonds. The van der Waals surface area contributed by atoms with E-state index < -0.39 is 0 Å². The number of carbonyl (C=O) groups excluding carboxylic acids is 1. The molecule has 0 radical (unpaired) electrons. The summed E-state index contributed by atoms with van der Waals surface area (Å²) in [5.74, 6) is 1.20. The lowest BCUT2D eigenvalue weighted by Crippen LogP contribution is -2.56. The number of rotatable bonds is 2. The van der Waals surface area contributed by atoms with Gasteiger partial charge in [-0.25, -0.2) is 0 Å². The molecular formula is C28H36O3. The minimum Gasteiger partial charge on any atom is -0.497 e. The first-order chi connectivity index (χ1) is 14.2. The Morgan fingerprint density at radius 2 is 1.10 bits per heavy atom. The molecule has 0 saturated carbocycles. The van der Waals surface area contributed by atoms with E-state index in [2.05, 4.69) is 85.7 Å². The monoisotopic (exact) mass is 420 g/mol. The van der Waals surface area contributed by atoms with Crippen LogP contribution in [-0.4, -0.2) is 13.1 Å². The van der Waals surface area contributed by atoms with E-state index >= 15 is 0 Å². The minimum atomic E-state index is -0.293. The van der Waals surface area contributed by atoms with Crippen molar-refractivity contribution in [1.82, 2.24) is 0 Å². The highest BCUT2D eigenvalue weighted by atomic mass is 16.5. The number of methoxy groups -OCH3 is 1. The molecule has 0 aromatic heterocycles. The van der Waals surface area contributed by atoms with Gasteiger partial charge >= 0.3 is 5.97 Å². The summed E-state index contributed by atoms with van der Waals surface area (Å²) < 4.78 is 11.3. The van der Waals surface area contributed by atoms with Crippen LogP contribution in [-0.2, 0) is 21.0 Å². The molecule has 4 rings (SSSR count). The van der Waals surface area contributed by atoms with Gasteiger partial charge in [0.15, 0.2) is 0 Å². The molecule has 3 heteroatoms. The smallest absolute Gasteiger partial charge is 0.308 e. The summed E-state index contributed by atoms with van der Waals surface area (Å²) in [6.45, 7) is 20.5. The normalized spacial score (nSPS) is 25.7. The maximum absolute atomic E-state index is 11.8. The summed E-state index contributed by atoms with van der Waals surface area (Å²) in [6, 6.07) is 12.8. The second-order valence-electron chi connectivity index (χ2n) is 11.5. The molecule has 31 heavy (non-hydrogen) atoms. The van der Waals surface area contributed by atoms with Gasteiger partial charge in [0.05, 0.1) is 7.11 Å². The van der Waals surface area contributed by atoms with Crippen molar-refractivity contribution in [2.24, 2.45) is 10.8 Å². The third kappa shape index (κ3) is 2.28. The Kier molecular flexibility index (Phi) is 4.35. The van der Waals surface area contributed by atoms with Gasteiger partial charge < -0.3 is 9.47 Å². The lowest BCUT2D eigenvalue weighted by atomic mass is 9.46. The van der Waals surface area contributed by atoms with Crippen LogP contribution in [0.15, 0.2) is 36.4 Å². The standard InChI is InChI=1S/C28H36O3/c1-17(29)31-19-12-14-21-23(16-19)28(27(8,9)25(21,4)5)22-15-18(30-10)11-13-20(22)24(2,3)26(28,6)7/h11-16H,1-10H3. The molecule has 0 aliphatic heterocycles. The van der Waals surface area contributed by atoms with Gasteiger partial charge in [0.2, 0.25) is 0 Å². The average molecular weight is 421 g/mol. The van der Waals surface area contributed by atoms with Gasteiger partial charge in [-0.05, 0) is 68.2 Å². The summed E-state index contributed by atoms with van der Waals surface area (Å²) >= 11 is 0. The minimum absolute atomic E-state index is 0.0684. The third-order valence-electron chi connectivity index (χ3n) is 9.63. The second kappa shape index (κ2) is 6.15. The fourth-order valence-corrected chi connectivity index (χ4v) is 7.00. The fraction of sp³-hybridized carbons (Fsp3) is 0.536. The predicted octanol–water partition coefficient (Wildman–Crippen LogP) is 6.54. The van der Waals surface area contributed by atoms with Gasteiger partial charge in [-0.2, -0.15) is 0 Å². The van der Waals surface area contributed by atoms with Crippen molar-refractivity contribution < 1.29 is 14.3 Å². The zero-order chi connectivity index (χ0) is 23.2. The highest BCUT2D eigenvalue weighted by Gasteiger charge is 2.74. The summed E-state index contributed by atoms with van der Waals surface area (Å²) in [5.41, 5.74) is 4.62. The Hall–Kier alpha value is -2.29. The lowest BCUT2D eigenvalue weighted by molar-refractivity contribution is -0.131. The lowest BCUT2D eigenvalue weighted by Gasteiger charge is -2.56. The van der Waals surface area contributed by atoms with E-state index in [9.17, 15) is 4.79 Å². The van der Waals surface area contributed by atoms with E-state index in [1.54, 1.807) is 7.11 Å². The van der Waals surface area contributed by atoms with Crippen molar-refractivity contribution in [1.29, 1.82) is 0 Å². The van der Waals surface area contributed by atoms with Gasteiger partial charge in [0, 0.05) is 12.3 Å². The van der Waals surface area contributed by atoms with Crippen LogP contribution in [0.4, 0.5) is 0 Å². The third-order valence-corrected chi connectivity index (χ3v) is 9.63. The first-order valence-electron chi connectivity index (χ1n) is 11.2. The molecule has 2 aromatic rings. The number of benzene rings is 2. The quantitative estimate of drug-likeness (QED) is 0.409. The van der Waals surface area contributed by atoms with Gasteiger partial charge in [-0.15, -0.1) is 0 Å². The van der Waals surface area contributed by atoms with Crippen molar-refractivity contribution in [2.75, 3.05) is 7.11 Å². The van der Waals surface area contributed by atoms with Gasteiger partial charge in [0.1, 0.15) is 11.5 Å². The molecule has 0 heterocycles. The van der Waals surface area contributed by atoms with Crippen LogP contribution in [0, 0.1) is 10.8 Å². The van der Waals surface area contributed by atoms with E-state index in [4.69, 9.17) is 9.47 Å². The first-order valence-corrected chi connectivity index (χ1v) is 11.2. The Morgan fingerprint density at radius 3 is 1.52 bits per heavy atom.